The molecular weight excluding hydrogens is 300 g/mol. The molecule has 5 nitrogen and oxygen atoms in total. The summed E-state index contributed by atoms with van der Waals surface area (Å²) in [5.41, 5.74) is 8.14. The smallest absolute Gasteiger partial charge is 0.250 e. The first kappa shape index (κ1) is 18.6. The van der Waals surface area contributed by atoms with Crippen LogP contribution in [0.5, 0.6) is 0 Å². The maximum Gasteiger partial charge on any atom is 0.250 e. The molecule has 132 valence electrons. The monoisotopic (exact) mass is 330 g/mol. The highest BCUT2D eigenvalue weighted by atomic mass is 16.2. The number of nitrogens with zero attached hydrogens (tertiary/aromatic N) is 3. The van der Waals surface area contributed by atoms with Crippen LogP contribution in [-0.4, -0.2) is 62.5 Å². The van der Waals surface area contributed by atoms with Gasteiger partial charge < -0.3 is 15.5 Å². The molecule has 0 aliphatic carbocycles. The zero-order chi connectivity index (χ0) is 17.5. The van der Waals surface area contributed by atoms with Crippen molar-refractivity contribution in [2.45, 2.75) is 25.4 Å². The Morgan fingerprint density at radius 2 is 1.83 bits per heavy atom. The first-order valence-corrected chi connectivity index (χ1v) is 8.61. The molecule has 5 heteroatoms. The van der Waals surface area contributed by atoms with Crippen LogP contribution < -0.4 is 10.6 Å². The zero-order valence-corrected chi connectivity index (χ0v) is 15.1. The van der Waals surface area contributed by atoms with Crippen LogP contribution in [0.2, 0.25) is 0 Å². The number of anilines is 1. The van der Waals surface area contributed by atoms with Gasteiger partial charge in [-0.1, -0.05) is 18.2 Å². The van der Waals surface area contributed by atoms with Gasteiger partial charge in [-0.05, 0) is 57.7 Å². The van der Waals surface area contributed by atoms with Crippen molar-refractivity contribution in [2.75, 3.05) is 45.7 Å². The van der Waals surface area contributed by atoms with Crippen molar-refractivity contribution in [3.8, 4) is 0 Å². The SMILES string of the molecule is CN(C)CC=CC(=O)N(C)c1ccc(CN2CCC(N)CC2)cc1. The number of benzene rings is 1. The molecule has 1 saturated heterocycles. The van der Waals surface area contributed by atoms with Crippen LogP contribution in [0.25, 0.3) is 0 Å². The normalized spacial score (nSPS) is 16.9. The molecule has 24 heavy (non-hydrogen) atoms. The summed E-state index contributed by atoms with van der Waals surface area (Å²) >= 11 is 0. The predicted molar refractivity (Wildman–Crippen MR) is 100 cm³/mol. The van der Waals surface area contributed by atoms with E-state index in [0.717, 1.165) is 44.7 Å². The zero-order valence-electron chi connectivity index (χ0n) is 15.1. The predicted octanol–water partition coefficient (Wildman–Crippen LogP) is 1.69. The summed E-state index contributed by atoms with van der Waals surface area (Å²) in [5, 5.41) is 0. The maximum atomic E-state index is 12.2. The highest BCUT2D eigenvalue weighted by Gasteiger charge is 2.16. The van der Waals surface area contributed by atoms with E-state index in [4.69, 9.17) is 5.73 Å². The van der Waals surface area contributed by atoms with Crippen LogP contribution in [0, 0.1) is 0 Å². The van der Waals surface area contributed by atoms with Crippen LogP contribution in [-0.2, 0) is 11.3 Å². The maximum absolute atomic E-state index is 12.2. The van der Waals surface area contributed by atoms with Crippen LogP contribution >= 0.6 is 0 Å². The first-order valence-electron chi connectivity index (χ1n) is 8.61. The molecule has 1 aromatic carbocycles. The third-order valence-corrected chi connectivity index (χ3v) is 4.42. The number of likely N-dealkylation sites (N-methyl/N-ethyl adjacent to an activating group) is 2. The Morgan fingerprint density at radius 1 is 1.21 bits per heavy atom. The summed E-state index contributed by atoms with van der Waals surface area (Å²) in [7, 11) is 5.77. The summed E-state index contributed by atoms with van der Waals surface area (Å²) in [5.74, 6) is -0.00498. The minimum Gasteiger partial charge on any atom is -0.328 e. The van der Waals surface area contributed by atoms with Gasteiger partial charge in [-0.25, -0.2) is 0 Å². The van der Waals surface area contributed by atoms with Crippen LogP contribution in [0.3, 0.4) is 0 Å². The van der Waals surface area contributed by atoms with Gasteiger partial charge in [0.1, 0.15) is 0 Å². The minimum atomic E-state index is -0.00498. The third kappa shape index (κ3) is 5.74. The van der Waals surface area contributed by atoms with E-state index >= 15 is 0 Å². The van der Waals surface area contributed by atoms with Gasteiger partial charge in [0, 0.05) is 37.9 Å². The molecule has 0 aromatic heterocycles. The molecule has 1 amide bonds. The van der Waals surface area contributed by atoms with Crippen molar-refractivity contribution in [1.29, 1.82) is 0 Å². The minimum absolute atomic E-state index is 0.00498. The van der Waals surface area contributed by atoms with Gasteiger partial charge in [0.2, 0.25) is 5.91 Å². The summed E-state index contributed by atoms with van der Waals surface area (Å²) in [6.07, 6.45) is 5.67. The summed E-state index contributed by atoms with van der Waals surface area (Å²) in [6, 6.07) is 8.61. The fraction of sp³-hybridized carbons (Fsp3) is 0.526. The molecule has 0 unspecified atom stereocenters. The third-order valence-electron chi connectivity index (χ3n) is 4.42. The van der Waals surface area contributed by atoms with Gasteiger partial charge >= 0.3 is 0 Å². The van der Waals surface area contributed by atoms with Crippen LogP contribution in [0.1, 0.15) is 18.4 Å². The molecule has 1 aliphatic rings. The van der Waals surface area contributed by atoms with Crippen LogP contribution in [0.15, 0.2) is 36.4 Å². The van der Waals surface area contributed by atoms with E-state index in [2.05, 4.69) is 17.0 Å². The Hall–Kier alpha value is -1.69. The topological polar surface area (TPSA) is 52.8 Å². The van der Waals surface area contributed by atoms with E-state index in [1.807, 2.05) is 44.3 Å². The Morgan fingerprint density at radius 3 is 2.42 bits per heavy atom. The first-order chi connectivity index (χ1) is 11.5. The fourth-order valence-corrected chi connectivity index (χ4v) is 2.80. The molecule has 0 bridgehead atoms. The van der Waals surface area contributed by atoms with E-state index < -0.39 is 0 Å². The average molecular weight is 330 g/mol. The van der Waals surface area contributed by atoms with Crippen LogP contribution in [0.4, 0.5) is 5.69 Å². The van der Waals surface area contributed by atoms with E-state index in [0.29, 0.717) is 6.04 Å². The number of carbonyl (C=O) groups excluding carboxylic acids is 1. The molecule has 0 saturated carbocycles. The summed E-state index contributed by atoms with van der Waals surface area (Å²) in [4.78, 5) is 18.3. The van der Waals surface area contributed by atoms with Gasteiger partial charge in [0.15, 0.2) is 0 Å². The number of likely N-dealkylation sites (tertiary alicyclic amines) is 1. The lowest BCUT2D eigenvalue weighted by Gasteiger charge is -2.30. The number of carbonyl (C=O) groups is 1. The summed E-state index contributed by atoms with van der Waals surface area (Å²) < 4.78 is 0. The van der Waals surface area contributed by atoms with Gasteiger partial charge in [0.25, 0.3) is 0 Å². The summed E-state index contributed by atoms with van der Waals surface area (Å²) in [6.45, 7) is 3.85. The van der Waals surface area contributed by atoms with Crippen molar-refractivity contribution in [1.82, 2.24) is 9.80 Å². The lowest BCUT2D eigenvalue weighted by atomic mass is 10.1. The number of nitrogens with two attached hydrogens (primary N) is 1. The lowest BCUT2D eigenvalue weighted by molar-refractivity contribution is -0.113. The van der Waals surface area contributed by atoms with Crippen molar-refractivity contribution >= 4 is 11.6 Å². The molecule has 0 atom stereocenters. The molecule has 0 spiro atoms. The van der Waals surface area contributed by atoms with E-state index in [-0.39, 0.29) is 5.91 Å². The number of hydrogen-bond donors (Lipinski definition) is 1. The molecule has 1 heterocycles. The van der Waals surface area contributed by atoms with Crippen molar-refractivity contribution in [2.24, 2.45) is 5.73 Å². The Bertz CT molecular complexity index is 545. The van der Waals surface area contributed by atoms with Crippen molar-refractivity contribution in [3.63, 3.8) is 0 Å². The molecule has 2 rings (SSSR count). The second kappa shape index (κ2) is 8.97. The highest BCUT2D eigenvalue weighted by molar-refractivity contribution is 6.00. The second-order valence-corrected chi connectivity index (χ2v) is 6.84. The molecule has 1 aliphatic heterocycles. The lowest BCUT2D eigenvalue weighted by Crippen LogP contribution is -2.39. The van der Waals surface area contributed by atoms with Crippen molar-refractivity contribution in [3.05, 3.63) is 42.0 Å². The molecule has 2 N–H and O–H groups in total. The van der Waals surface area contributed by atoms with Gasteiger partial charge in [-0.3, -0.25) is 9.69 Å². The average Bonchev–Trinajstić information content (AvgIpc) is 2.56. The Balaban J connectivity index is 1.88. The van der Waals surface area contributed by atoms with E-state index in [1.54, 1.807) is 11.0 Å². The van der Waals surface area contributed by atoms with E-state index in [1.165, 1.54) is 5.56 Å². The number of piperidine rings is 1. The number of rotatable bonds is 6. The van der Waals surface area contributed by atoms with Gasteiger partial charge in [0.05, 0.1) is 0 Å². The second-order valence-electron chi connectivity index (χ2n) is 6.84. The molecular formula is C19H30N4O. The Labute approximate surface area is 145 Å². The molecule has 1 aromatic rings. The molecule has 0 radical (unpaired) electrons. The quantitative estimate of drug-likeness (QED) is 0.807. The molecule has 1 fully saturated rings. The van der Waals surface area contributed by atoms with Gasteiger partial charge in [-0.15, -0.1) is 0 Å². The Kier molecular flexibility index (Phi) is 6.97. The number of hydrogen-bond acceptors (Lipinski definition) is 4. The largest absolute Gasteiger partial charge is 0.328 e. The van der Waals surface area contributed by atoms with E-state index in [9.17, 15) is 4.79 Å². The number of amides is 1. The van der Waals surface area contributed by atoms with Crippen molar-refractivity contribution < 1.29 is 4.79 Å². The standard InChI is InChI=1S/C19H30N4O/c1-21(2)12-4-5-19(24)22(3)18-8-6-16(7-9-18)15-23-13-10-17(20)11-14-23/h4-9,17H,10-15,20H2,1-3H3. The van der Waals surface area contributed by atoms with Gasteiger partial charge in [-0.2, -0.15) is 0 Å². The fourth-order valence-electron chi connectivity index (χ4n) is 2.80. The highest BCUT2D eigenvalue weighted by Crippen LogP contribution is 2.17.